The minimum absolute atomic E-state index is 0.233. The third-order valence-electron chi connectivity index (χ3n) is 2.97. The van der Waals surface area contributed by atoms with E-state index in [1.54, 1.807) is 0 Å². The van der Waals surface area contributed by atoms with Crippen molar-refractivity contribution in [2.45, 2.75) is 6.42 Å². The fourth-order valence-electron chi connectivity index (χ4n) is 1.97. The van der Waals surface area contributed by atoms with Crippen LogP contribution in [-0.4, -0.2) is 31.4 Å². The molecule has 0 saturated heterocycles. The van der Waals surface area contributed by atoms with Crippen molar-refractivity contribution in [3.05, 3.63) is 40.9 Å². The molecule has 2 rings (SSSR count). The molecule has 0 radical (unpaired) electrons. The van der Waals surface area contributed by atoms with Crippen molar-refractivity contribution in [1.82, 2.24) is 0 Å². The lowest BCUT2D eigenvalue weighted by Crippen LogP contribution is -2.85. The number of rotatable bonds is 7. The Labute approximate surface area is 121 Å². The van der Waals surface area contributed by atoms with E-state index in [1.807, 2.05) is 18.2 Å². The van der Waals surface area contributed by atoms with Crippen LogP contribution in [0.15, 0.2) is 40.9 Å². The van der Waals surface area contributed by atoms with E-state index in [9.17, 15) is 0 Å². The molecule has 0 heterocycles. The monoisotopic (exact) mass is 324 g/mol. The summed E-state index contributed by atoms with van der Waals surface area (Å²) >= 11 is 3.61. The molecule has 0 aliphatic carbocycles. The van der Waals surface area contributed by atoms with E-state index < -0.39 is 0 Å². The minimum Gasteiger partial charge on any atom is -0.492 e. The summed E-state index contributed by atoms with van der Waals surface area (Å²) in [6, 6.07) is 12.3. The Hall–Kier alpha value is -1.10. The zero-order valence-electron chi connectivity index (χ0n) is 10.8. The second kappa shape index (κ2) is 7.48. The second-order valence-corrected chi connectivity index (χ2v) is 5.18. The topological polar surface area (TPSA) is 46.1 Å². The van der Waals surface area contributed by atoms with Gasteiger partial charge in [-0.2, -0.15) is 0 Å². The normalized spacial score (nSPS) is 10.8. The largest absolute Gasteiger partial charge is 0.492 e. The first-order valence-corrected chi connectivity index (χ1v) is 7.35. The van der Waals surface area contributed by atoms with E-state index in [0.717, 1.165) is 29.7 Å². The average molecular weight is 325 g/mol. The fourth-order valence-corrected chi connectivity index (χ4v) is 2.58. The molecule has 3 N–H and O–H groups in total. The van der Waals surface area contributed by atoms with E-state index >= 15 is 0 Å². The molecule has 0 amide bonds. The Bertz CT molecular complexity index is 531. The Balaban J connectivity index is 1.92. The fraction of sp³-hybridized carbons (Fsp3) is 0.333. The van der Waals surface area contributed by atoms with Crippen LogP contribution in [0, 0.1) is 0 Å². The molecular weight excluding hydrogens is 306 g/mol. The predicted molar refractivity (Wildman–Crippen MR) is 80.5 cm³/mol. The number of quaternary nitrogens is 1. The van der Waals surface area contributed by atoms with Gasteiger partial charge in [0, 0.05) is 6.42 Å². The van der Waals surface area contributed by atoms with Crippen LogP contribution in [0.3, 0.4) is 0 Å². The molecule has 0 aliphatic heterocycles. The molecule has 0 unspecified atom stereocenters. The standard InChI is InChI=1S/C15H18BrNO2/c16-15-13-5-2-1-4-12(13)6-7-14(15)19-11-3-8-17-9-10-18/h1-2,4-7,17-18H,3,8-11H2/p+1. The van der Waals surface area contributed by atoms with E-state index in [0.29, 0.717) is 6.61 Å². The van der Waals surface area contributed by atoms with Crippen LogP contribution >= 0.6 is 15.9 Å². The molecule has 0 saturated carbocycles. The van der Waals surface area contributed by atoms with Crippen molar-refractivity contribution >= 4 is 26.7 Å². The van der Waals surface area contributed by atoms with Crippen molar-refractivity contribution in [3.8, 4) is 5.75 Å². The van der Waals surface area contributed by atoms with Crippen LogP contribution in [-0.2, 0) is 0 Å². The number of hydrogen-bond acceptors (Lipinski definition) is 2. The van der Waals surface area contributed by atoms with Crippen LogP contribution in [0.25, 0.3) is 10.8 Å². The molecule has 102 valence electrons. The quantitative estimate of drug-likeness (QED) is 0.764. The molecule has 19 heavy (non-hydrogen) atoms. The first-order chi connectivity index (χ1) is 9.33. The van der Waals surface area contributed by atoms with Gasteiger partial charge >= 0.3 is 0 Å². The van der Waals surface area contributed by atoms with Gasteiger partial charge in [-0.15, -0.1) is 0 Å². The number of aliphatic hydroxyl groups is 1. The lowest BCUT2D eigenvalue weighted by atomic mass is 10.1. The Morgan fingerprint density at radius 2 is 1.95 bits per heavy atom. The molecule has 0 fully saturated rings. The Morgan fingerprint density at radius 3 is 2.79 bits per heavy atom. The number of fused-ring (bicyclic) bond motifs is 1. The first kappa shape index (κ1) is 14.3. The summed E-state index contributed by atoms with van der Waals surface area (Å²) in [4.78, 5) is 0. The highest BCUT2D eigenvalue weighted by atomic mass is 79.9. The second-order valence-electron chi connectivity index (χ2n) is 4.39. The van der Waals surface area contributed by atoms with Crippen LogP contribution in [0.2, 0.25) is 0 Å². The molecule has 0 atom stereocenters. The molecule has 0 spiro atoms. The summed E-state index contributed by atoms with van der Waals surface area (Å²) in [5, 5.41) is 13.1. The molecule has 2 aromatic rings. The molecule has 2 aromatic carbocycles. The van der Waals surface area contributed by atoms with Crippen molar-refractivity contribution in [3.63, 3.8) is 0 Å². The third kappa shape index (κ3) is 3.93. The van der Waals surface area contributed by atoms with Gasteiger partial charge in [-0.3, -0.25) is 0 Å². The summed E-state index contributed by atoms with van der Waals surface area (Å²) in [7, 11) is 0. The average Bonchev–Trinajstić information content (AvgIpc) is 2.45. The predicted octanol–water partition coefficient (Wildman–Crippen LogP) is 1.93. The summed E-state index contributed by atoms with van der Waals surface area (Å²) in [5.41, 5.74) is 0. The van der Waals surface area contributed by atoms with Crippen molar-refractivity contribution < 1.29 is 15.2 Å². The van der Waals surface area contributed by atoms with Crippen LogP contribution in [0.5, 0.6) is 5.75 Å². The Morgan fingerprint density at radius 1 is 1.11 bits per heavy atom. The maximum absolute atomic E-state index is 8.67. The Kier molecular flexibility index (Phi) is 5.63. The van der Waals surface area contributed by atoms with E-state index in [2.05, 4.69) is 39.4 Å². The smallest absolute Gasteiger partial charge is 0.134 e. The number of nitrogens with two attached hydrogens (primary N) is 1. The lowest BCUT2D eigenvalue weighted by molar-refractivity contribution is -0.656. The van der Waals surface area contributed by atoms with Gasteiger partial charge in [0.25, 0.3) is 0 Å². The van der Waals surface area contributed by atoms with Gasteiger partial charge in [-0.1, -0.05) is 30.3 Å². The van der Waals surface area contributed by atoms with Gasteiger partial charge in [0.2, 0.25) is 0 Å². The van der Waals surface area contributed by atoms with Crippen LogP contribution in [0.4, 0.5) is 0 Å². The third-order valence-corrected chi connectivity index (χ3v) is 3.79. The van der Waals surface area contributed by atoms with Gasteiger partial charge in [0.05, 0.1) is 30.8 Å². The highest BCUT2D eigenvalue weighted by molar-refractivity contribution is 9.10. The maximum Gasteiger partial charge on any atom is 0.134 e. The molecule has 0 bridgehead atoms. The maximum atomic E-state index is 8.67. The van der Waals surface area contributed by atoms with Gasteiger partial charge in [0.15, 0.2) is 0 Å². The van der Waals surface area contributed by atoms with E-state index in [4.69, 9.17) is 9.84 Å². The number of benzene rings is 2. The van der Waals surface area contributed by atoms with Gasteiger partial charge < -0.3 is 15.2 Å². The van der Waals surface area contributed by atoms with Crippen molar-refractivity contribution in [2.24, 2.45) is 0 Å². The highest BCUT2D eigenvalue weighted by Gasteiger charge is 2.05. The summed E-state index contributed by atoms with van der Waals surface area (Å²) in [5.74, 6) is 0.890. The van der Waals surface area contributed by atoms with Gasteiger partial charge in [0.1, 0.15) is 5.75 Å². The molecular formula is C15H19BrNO2+. The summed E-state index contributed by atoms with van der Waals surface area (Å²) < 4.78 is 6.81. The minimum atomic E-state index is 0.233. The van der Waals surface area contributed by atoms with Gasteiger partial charge in [-0.25, -0.2) is 0 Å². The first-order valence-electron chi connectivity index (χ1n) is 6.55. The van der Waals surface area contributed by atoms with Crippen LogP contribution < -0.4 is 10.1 Å². The zero-order valence-corrected chi connectivity index (χ0v) is 12.4. The molecule has 0 aromatic heterocycles. The van der Waals surface area contributed by atoms with Crippen molar-refractivity contribution in [2.75, 3.05) is 26.3 Å². The molecule has 4 heteroatoms. The summed E-state index contributed by atoms with van der Waals surface area (Å²) in [6.07, 6.45) is 0.971. The van der Waals surface area contributed by atoms with E-state index in [-0.39, 0.29) is 6.61 Å². The molecule has 0 aliphatic rings. The number of aliphatic hydroxyl groups excluding tert-OH is 1. The number of ether oxygens (including phenoxy) is 1. The zero-order chi connectivity index (χ0) is 13.5. The SMILES string of the molecule is OCC[NH2+]CCCOc1ccc2ccccc2c1Br. The highest BCUT2D eigenvalue weighted by Crippen LogP contribution is 2.32. The van der Waals surface area contributed by atoms with Gasteiger partial charge in [-0.05, 0) is 32.8 Å². The molecule has 3 nitrogen and oxygen atoms in total. The van der Waals surface area contributed by atoms with E-state index in [1.165, 1.54) is 10.8 Å². The number of halogens is 1. The van der Waals surface area contributed by atoms with Crippen molar-refractivity contribution in [1.29, 1.82) is 0 Å². The lowest BCUT2D eigenvalue weighted by Gasteiger charge is -2.10. The number of hydrogen-bond donors (Lipinski definition) is 2. The summed E-state index contributed by atoms with van der Waals surface area (Å²) in [6.45, 7) is 2.67. The van der Waals surface area contributed by atoms with Crippen LogP contribution in [0.1, 0.15) is 6.42 Å².